The fourth-order valence-electron chi connectivity index (χ4n) is 20.9. The minimum Gasteiger partial charge on any atom is -0.456 e. The Labute approximate surface area is 757 Å². The number of carbonyl (C=O) groups excluding carboxylic acids is 8. The van der Waals surface area contributed by atoms with Crippen LogP contribution in [-0.4, -0.2) is 265 Å². The molecule has 8 N–H and O–H groups in total. The number of piperidine rings is 2. The van der Waals surface area contributed by atoms with E-state index in [4.69, 9.17) is 56.8 Å². The molecule has 30 atom stereocenters. The molecule has 2 aliphatic carbocycles. The van der Waals surface area contributed by atoms with Gasteiger partial charge in [0.25, 0.3) is 23.4 Å². The second kappa shape index (κ2) is 48.5. The molecule has 6 fully saturated rings. The van der Waals surface area contributed by atoms with Crippen LogP contribution in [0.1, 0.15) is 222 Å². The first kappa shape index (κ1) is 105. The summed E-state index contributed by atoms with van der Waals surface area (Å²) in [6.07, 6.45) is 4.54. The first-order chi connectivity index (χ1) is 60.9. The van der Waals surface area contributed by atoms with Crippen LogP contribution in [0.5, 0.6) is 0 Å². The fourth-order valence-corrected chi connectivity index (χ4v) is 20.9. The third kappa shape index (κ3) is 26.7. The zero-order valence-electron chi connectivity index (χ0n) is 78.5. The number of aliphatic hydroxyl groups is 6. The summed E-state index contributed by atoms with van der Waals surface area (Å²) in [5, 5.41) is 78.6. The highest BCUT2D eigenvalue weighted by molar-refractivity contribution is 6.39. The molecule has 0 spiro atoms. The number of allylic oxidation sites excluding steroid dienone is 6. The minimum absolute atomic E-state index is 0.0255. The van der Waals surface area contributed by atoms with Gasteiger partial charge in [-0.2, -0.15) is 0 Å². The van der Waals surface area contributed by atoms with Gasteiger partial charge in [-0.1, -0.05) is 113 Å². The molecule has 9 rings (SSSR count). The third-order valence-corrected chi connectivity index (χ3v) is 28.5. The summed E-state index contributed by atoms with van der Waals surface area (Å²) in [6, 6.07) is 4.81. The van der Waals surface area contributed by atoms with Crippen molar-refractivity contribution in [3.63, 3.8) is 0 Å². The van der Waals surface area contributed by atoms with E-state index in [0.717, 1.165) is 22.3 Å². The molecule has 4 amide bonds. The van der Waals surface area contributed by atoms with E-state index in [1.807, 2.05) is 76.3 Å². The maximum Gasteiger partial charge on any atom is 0.407 e. The van der Waals surface area contributed by atoms with Gasteiger partial charge in [0, 0.05) is 117 Å². The molecule has 8 aliphatic rings. The molecular formula is C98H150N4O26. The minimum atomic E-state index is -2.58. The van der Waals surface area contributed by atoms with Crippen LogP contribution in [0.4, 0.5) is 9.59 Å². The number of hydrogen-bond donors (Lipinski definition) is 8. The Morgan fingerprint density at radius 2 is 0.812 bits per heavy atom. The smallest absolute Gasteiger partial charge is 0.407 e. The zero-order valence-corrected chi connectivity index (χ0v) is 78.5. The first-order valence-corrected chi connectivity index (χ1v) is 46.6. The average Bonchev–Trinajstić information content (AvgIpc) is 0.826. The molecule has 6 heterocycles. The van der Waals surface area contributed by atoms with E-state index in [-0.39, 0.29) is 88.4 Å². The number of fused-ring (bicyclic) bond motifs is 6. The monoisotopic (exact) mass is 1800 g/mol. The highest BCUT2D eigenvalue weighted by atomic mass is 16.7. The van der Waals surface area contributed by atoms with Gasteiger partial charge in [-0.05, 0) is 202 Å². The number of nitrogens with one attached hydrogen (secondary N) is 2. The molecule has 1 aromatic rings. The van der Waals surface area contributed by atoms with Crippen LogP contribution in [0.3, 0.4) is 0 Å². The Balaban J connectivity index is 0.807. The van der Waals surface area contributed by atoms with Gasteiger partial charge < -0.3 is 108 Å². The number of benzene rings is 1. The van der Waals surface area contributed by atoms with Crippen LogP contribution in [0.25, 0.3) is 0 Å². The standard InChI is InChI=1S/C98H150N4O26/c1-19-25-69-41-55(3)39-57(5)43-81(119-15)87-83(121-17)47-61(9)97(115,127-87)89(107)91(109)101-37-23-21-27-71(101)93(111)125-85(63(11)73(103)51-75(69)105)59(7)45-67-33-35-77(79(49-67)117-13)123-95(113)99-53-65-29-31-66(32-30-65)54-100-96(114)124-78-36-34-68(50-80(78)118-14)46-60(8)86-64(12)74(104)52-76(106)70(26-20-2)42-56(4)40-58(6)44-82(120-16)88-84(122-18)48-62(10)98(116,128-88)90(108)92(110)102-38-24-22-28-72(102)94(112)126-86/h19-20,29-32,41-42,45-46,57-58,61-64,67-88,103-106,115-116H,1-2,21-28,33-40,43-44,47-54H2,3-18H3,(H,99,113)(H,100,114)/b55-41+,56-42+,59-45+,60-46+/t57-,58-,61+,62+,63+,64+,67?,68?,69+,70+,71-,72-,73-,74?,75-,76-,77?,78?,79+,80+,81-,82-,83-,84-,85?,86?,87-,88+,97+,98+/m0/s1. The highest BCUT2D eigenvalue weighted by Crippen LogP contribution is 2.44. The van der Waals surface area contributed by atoms with Crippen molar-refractivity contribution in [2.45, 2.75) is 345 Å². The molecule has 4 bridgehead atoms. The second-order valence-electron chi connectivity index (χ2n) is 38.2. The Morgan fingerprint density at radius 3 is 1.15 bits per heavy atom. The summed E-state index contributed by atoms with van der Waals surface area (Å²) >= 11 is 0. The Bertz CT molecular complexity index is 3750. The molecule has 6 aliphatic heterocycles. The summed E-state index contributed by atoms with van der Waals surface area (Å²) in [5.41, 5.74) is 4.60. The van der Waals surface area contributed by atoms with Crippen LogP contribution >= 0.6 is 0 Å². The number of alkyl carbamates (subject to hydrolysis) is 2. The van der Waals surface area contributed by atoms with Gasteiger partial charge in [0.2, 0.25) is 11.6 Å². The number of amides is 4. The summed E-state index contributed by atoms with van der Waals surface area (Å²) in [5.74, 6) is -16.1. The van der Waals surface area contributed by atoms with Crippen molar-refractivity contribution < 1.29 is 126 Å². The number of rotatable bonds is 20. The molecule has 4 saturated heterocycles. The van der Waals surface area contributed by atoms with Crippen molar-refractivity contribution in [1.82, 2.24) is 20.4 Å². The molecule has 30 nitrogen and oxygen atoms in total. The number of Topliss-reactive ketones (excluding diaryl/α,β-unsaturated/α-hetero) is 2. The summed E-state index contributed by atoms with van der Waals surface area (Å²) in [4.78, 5) is 118. The predicted octanol–water partition coefficient (Wildman–Crippen LogP) is 11.0. The van der Waals surface area contributed by atoms with Crippen molar-refractivity contribution in [3.05, 3.63) is 107 Å². The van der Waals surface area contributed by atoms with Crippen LogP contribution in [0.15, 0.2) is 96.2 Å². The number of carbonyl (C=O) groups is 8. The van der Waals surface area contributed by atoms with E-state index in [2.05, 4.69) is 23.8 Å². The third-order valence-electron chi connectivity index (χ3n) is 28.5. The average molecular weight is 1800 g/mol. The number of methoxy groups -OCH3 is 6. The Morgan fingerprint density at radius 1 is 0.469 bits per heavy atom. The number of nitrogens with zero attached hydrogens (tertiary/aromatic N) is 2. The summed E-state index contributed by atoms with van der Waals surface area (Å²) in [6.45, 7) is 26.5. The van der Waals surface area contributed by atoms with Crippen molar-refractivity contribution in [2.75, 3.05) is 55.7 Å². The van der Waals surface area contributed by atoms with Crippen molar-refractivity contribution in [2.24, 2.45) is 59.2 Å². The van der Waals surface area contributed by atoms with Crippen LogP contribution in [0, 0.1) is 59.2 Å². The predicted molar refractivity (Wildman–Crippen MR) is 476 cm³/mol. The topological polar surface area (TPSA) is 399 Å². The molecular weight excluding hydrogens is 1650 g/mol. The number of aliphatic hydroxyl groups excluding tert-OH is 4. The van der Waals surface area contributed by atoms with E-state index < -0.39 is 204 Å². The van der Waals surface area contributed by atoms with E-state index >= 15 is 0 Å². The second-order valence-corrected chi connectivity index (χ2v) is 38.2. The van der Waals surface area contributed by atoms with Gasteiger partial charge in [-0.25, -0.2) is 19.2 Å². The molecule has 2 saturated carbocycles. The molecule has 718 valence electrons. The lowest BCUT2D eigenvalue weighted by atomic mass is 9.81. The molecule has 1 aromatic carbocycles. The van der Waals surface area contributed by atoms with E-state index in [1.165, 1.54) is 52.5 Å². The number of cyclic esters (lactones) is 2. The quantitative estimate of drug-likeness (QED) is 0.0260. The highest BCUT2D eigenvalue weighted by Gasteiger charge is 2.59. The maximum atomic E-state index is 14.9. The number of hydrogen-bond acceptors (Lipinski definition) is 26. The van der Waals surface area contributed by atoms with Gasteiger partial charge in [0.05, 0.1) is 61.0 Å². The van der Waals surface area contributed by atoms with Crippen molar-refractivity contribution >= 4 is 47.5 Å². The lowest BCUT2D eigenvalue weighted by Crippen LogP contribution is -2.64. The molecule has 0 aromatic heterocycles. The van der Waals surface area contributed by atoms with Crippen LogP contribution in [0.2, 0.25) is 0 Å². The lowest BCUT2D eigenvalue weighted by molar-refractivity contribution is -0.302. The van der Waals surface area contributed by atoms with E-state index in [1.54, 1.807) is 53.7 Å². The normalized spacial score (nSPS) is 38.9. The van der Waals surface area contributed by atoms with Crippen LogP contribution < -0.4 is 10.6 Å². The van der Waals surface area contributed by atoms with E-state index in [0.29, 0.717) is 114 Å². The van der Waals surface area contributed by atoms with E-state index in [9.17, 15) is 69.0 Å². The zero-order chi connectivity index (χ0) is 93.8. The van der Waals surface area contributed by atoms with Gasteiger partial charge in [-0.15, -0.1) is 13.2 Å². The summed E-state index contributed by atoms with van der Waals surface area (Å²) in [7, 11) is 9.15. The van der Waals surface area contributed by atoms with Gasteiger partial charge in [0.15, 0.2) is 0 Å². The summed E-state index contributed by atoms with van der Waals surface area (Å²) < 4.78 is 73.4. The molecule has 0 radical (unpaired) electrons. The van der Waals surface area contributed by atoms with Gasteiger partial charge in [0.1, 0.15) is 48.7 Å². The molecule has 128 heavy (non-hydrogen) atoms. The SMILES string of the molecule is C=CC[C@@H]1/C=C(\C)C[C@H](C)C[C@H](OC)[C@H]2O[C@@](O)(C(=O)C(=O)N3CCCC[C@H]3C(=O)OC(/C(C)=C/C3CCC(OC(=O)NCc4ccc(CNC(=O)OC5CCC(/C=C(\C)C6OC(=O)[C@@H]7CCCCN7C(=O)C(=O)[C@]7(O)O[C@@H]([C@@H](OC)C[C@@H](C)C/C(C)=C/[C@@H](CC=C)[C@@H](O)C[C@H](O)[C@H]6C)[C@@H](OC)C[C@H]7C)C[C@H]5OC)cc4)[C@H](OC)C3)[C@H](C)C(O)C[C@@H]1O)[C@H](C)C[C@@H]2OC. The van der Waals surface area contributed by atoms with Crippen molar-refractivity contribution in [3.8, 4) is 0 Å². The number of esters is 2. The number of ketones is 2. The maximum absolute atomic E-state index is 14.9. The lowest BCUT2D eigenvalue weighted by Gasteiger charge is -2.47. The molecule has 7 unspecified atom stereocenters. The number of ether oxygens (including phenoxy) is 12. The Kier molecular flexibility index (Phi) is 39.6. The first-order valence-electron chi connectivity index (χ1n) is 46.6. The molecule has 30 heteroatoms. The van der Waals surface area contributed by atoms with Crippen molar-refractivity contribution in [1.29, 1.82) is 0 Å². The van der Waals surface area contributed by atoms with Gasteiger partial charge >= 0.3 is 24.1 Å². The Hall–Kier alpha value is -7.14. The van der Waals surface area contributed by atoms with Crippen LogP contribution in [-0.2, 0) is 98.7 Å². The largest absolute Gasteiger partial charge is 0.456 e. The fraction of sp³-hybridized carbons (Fsp3) is 0.735. The van der Waals surface area contributed by atoms with Gasteiger partial charge in [-0.3, -0.25) is 19.2 Å².